The summed E-state index contributed by atoms with van der Waals surface area (Å²) in [6.07, 6.45) is 4.25. The van der Waals surface area contributed by atoms with Crippen LogP contribution in [-0.4, -0.2) is 29.9 Å². The molecular formula is C21H24N2O3. The van der Waals surface area contributed by atoms with Crippen molar-refractivity contribution in [2.75, 3.05) is 11.9 Å². The molecule has 26 heavy (non-hydrogen) atoms. The first-order chi connectivity index (χ1) is 12.7. The standard InChI is InChI=1S/C21H24N2O3/c24-18-9-5-15(6-10-18)19-3-1-2-4-20(19)23-21(25)26-13-14-11-16-7-8-17(12-14)22-16/h1-6,9-10,14,16-17,22,24H,7-8,11-13H2,(H,23,25). The largest absolute Gasteiger partial charge is 0.508 e. The first kappa shape index (κ1) is 16.9. The Morgan fingerprint density at radius 1 is 1.08 bits per heavy atom. The van der Waals surface area contributed by atoms with Gasteiger partial charge in [0.2, 0.25) is 0 Å². The third kappa shape index (κ3) is 3.83. The number of aromatic hydroxyl groups is 1. The number of nitrogens with one attached hydrogen (secondary N) is 2. The first-order valence-corrected chi connectivity index (χ1v) is 9.25. The van der Waals surface area contributed by atoms with Crippen LogP contribution in [0.25, 0.3) is 11.1 Å². The summed E-state index contributed by atoms with van der Waals surface area (Å²) >= 11 is 0. The number of phenolic OH excluding ortho intramolecular Hbond substituents is 1. The lowest BCUT2D eigenvalue weighted by atomic mass is 9.93. The average Bonchev–Trinajstić information content (AvgIpc) is 2.99. The second-order valence-electron chi connectivity index (χ2n) is 7.29. The monoisotopic (exact) mass is 352 g/mol. The number of benzene rings is 2. The van der Waals surface area contributed by atoms with Crippen molar-refractivity contribution in [1.82, 2.24) is 5.32 Å². The predicted molar refractivity (Wildman–Crippen MR) is 101 cm³/mol. The van der Waals surface area contributed by atoms with Crippen LogP contribution in [0.3, 0.4) is 0 Å². The Morgan fingerprint density at radius 2 is 1.77 bits per heavy atom. The number of piperidine rings is 1. The Hall–Kier alpha value is -2.53. The van der Waals surface area contributed by atoms with Gasteiger partial charge in [0.05, 0.1) is 12.3 Å². The van der Waals surface area contributed by atoms with Gasteiger partial charge >= 0.3 is 6.09 Å². The summed E-state index contributed by atoms with van der Waals surface area (Å²) in [6.45, 7) is 0.474. The molecule has 1 amide bonds. The number of phenols is 1. The van der Waals surface area contributed by atoms with E-state index in [9.17, 15) is 9.90 Å². The molecule has 0 saturated carbocycles. The minimum absolute atomic E-state index is 0.217. The minimum atomic E-state index is -0.415. The zero-order valence-electron chi connectivity index (χ0n) is 14.7. The van der Waals surface area contributed by atoms with Crippen LogP contribution in [0.1, 0.15) is 25.7 Å². The topological polar surface area (TPSA) is 70.6 Å². The highest BCUT2D eigenvalue weighted by atomic mass is 16.5. The molecule has 2 bridgehead atoms. The quantitative estimate of drug-likeness (QED) is 0.773. The van der Waals surface area contributed by atoms with Crippen molar-refractivity contribution in [3.63, 3.8) is 0 Å². The van der Waals surface area contributed by atoms with E-state index in [4.69, 9.17) is 4.74 Å². The van der Waals surface area contributed by atoms with Crippen molar-refractivity contribution in [3.05, 3.63) is 48.5 Å². The third-order valence-corrected chi connectivity index (χ3v) is 5.36. The summed E-state index contributed by atoms with van der Waals surface area (Å²) < 4.78 is 5.50. The van der Waals surface area contributed by atoms with Crippen LogP contribution in [0, 0.1) is 5.92 Å². The van der Waals surface area contributed by atoms with Gasteiger partial charge in [-0.2, -0.15) is 0 Å². The molecule has 2 saturated heterocycles. The molecule has 5 heteroatoms. The molecule has 5 nitrogen and oxygen atoms in total. The number of anilines is 1. The summed E-state index contributed by atoms with van der Waals surface area (Å²) in [7, 11) is 0. The summed E-state index contributed by atoms with van der Waals surface area (Å²) in [6, 6.07) is 15.7. The third-order valence-electron chi connectivity index (χ3n) is 5.36. The molecule has 2 aromatic carbocycles. The van der Waals surface area contributed by atoms with Crippen molar-refractivity contribution in [2.24, 2.45) is 5.92 Å². The van der Waals surface area contributed by atoms with Gasteiger partial charge in [-0.1, -0.05) is 30.3 Å². The van der Waals surface area contributed by atoms with Crippen LogP contribution in [0.15, 0.2) is 48.5 Å². The highest BCUT2D eigenvalue weighted by Gasteiger charge is 2.33. The Labute approximate surface area is 153 Å². The number of ether oxygens (including phenoxy) is 1. The Bertz CT molecular complexity index is 763. The molecule has 0 spiro atoms. The van der Waals surface area contributed by atoms with Crippen molar-refractivity contribution in [1.29, 1.82) is 0 Å². The summed E-state index contributed by atoms with van der Waals surface area (Å²) in [5.74, 6) is 0.668. The molecule has 2 aliphatic rings. The summed E-state index contributed by atoms with van der Waals surface area (Å²) in [5.41, 5.74) is 2.52. The Kier molecular flexibility index (Phi) is 4.80. The Morgan fingerprint density at radius 3 is 2.50 bits per heavy atom. The SMILES string of the molecule is O=C(Nc1ccccc1-c1ccc(O)cc1)OCC1CC2CCC(C1)N2. The van der Waals surface area contributed by atoms with E-state index in [1.165, 1.54) is 12.8 Å². The number of hydrogen-bond acceptors (Lipinski definition) is 4. The number of hydrogen-bond donors (Lipinski definition) is 3. The lowest BCUT2D eigenvalue weighted by Gasteiger charge is -2.28. The molecule has 2 aliphatic heterocycles. The molecule has 2 heterocycles. The zero-order valence-corrected chi connectivity index (χ0v) is 14.7. The number of para-hydroxylation sites is 1. The van der Waals surface area contributed by atoms with E-state index in [-0.39, 0.29) is 5.75 Å². The van der Waals surface area contributed by atoms with Crippen molar-refractivity contribution in [2.45, 2.75) is 37.8 Å². The summed E-state index contributed by atoms with van der Waals surface area (Å²) in [4.78, 5) is 12.3. The smallest absolute Gasteiger partial charge is 0.411 e. The molecule has 2 fully saturated rings. The van der Waals surface area contributed by atoms with Gasteiger partial charge in [0, 0.05) is 17.6 Å². The van der Waals surface area contributed by atoms with Crippen LogP contribution in [-0.2, 0) is 4.74 Å². The van der Waals surface area contributed by atoms with Crippen LogP contribution < -0.4 is 10.6 Å². The molecule has 0 aromatic heterocycles. The molecule has 3 N–H and O–H groups in total. The van der Waals surface area contributed by atoms with Gasteiger partial charge in [0.25, 0.3) is 0 Å². The molecule has 0 radical (unpaired) electrons. The van der Waals surface area contributed by atoms with Gasteiger partial charge in [0.1, 0.15) is 5.75 Å². The van der Waals surface area contributed by atoms with Gasteiger partial charge in [-0.3, -0.25) is 5.32 Å². The molecule has 2 aromatic rings. The van der Waals surface area contributed by atoms with E-state index >= 15 is 0 Å². The van der Waals surface area contributed by atoms with E-state index in [1.807, 2.05) is 36.4 Å². The lowest BCUT2D eigenvalue weighted by Crippen LogP contribution is -2.39. The summed E-state index contributed by atoms with van der Waals surface area (Å²) in [5, 5.41) is 15.9. The first-order valence-electron chi connectivity index (χ1n) is 9.25. The van der Waals surface area contributed by atoms with Gasteiger partial charge in [-0.15, -0.1) is 0 Å². The van der Waals surface area contributed by atoms with Gasteiger partial charge in [-0.25, -0.2) is 4.79 Å². The maximum atomic E-state index is 12.3. The Balaban J connectivity index is 1.38. The maximum Gasteiger partial charge on any atom is 0.411 e. The molecular weight excluding hydrogens is 328 g/mol. The van der Waals surface area contributed by atoms with E-state index in [2.05, 4.69) is 10.6 Å². The fraction of sp³-hybridized carbons (Fsp3) is 0.381. The average molecular weight is 352 g/mol. The molecule has 0 aliphatic carbocycles. The van der Waals surface area contributed by atoms with E-state index in [1.54, 1.807) is 12.1 Å². The molecule has 2 atom stereocenters. The van der Waals surface area contributed by atoms with E-state index < -0.39 is 6.09 Å². The molecule has 2 unspecified atom stereocenters. The lowest BCUT2D eigenvalue weighted by molar-refractivity contribution is 0.122. The number of carbonyl (C=O) groups is 1. The normalized spacial score (nSPS) is 24.2. The predicted octanol–water partition coefficient (Wildman–Crippen LogP) is 4.14. The highest BCUT2D eigenvalue weighted by molar-refractivity contribution is 5.91. The van der Waals surface area contributed by atoms with E-state index in [0.29, 0.717) is 30.3 Å². The minimum Gasteiger partial charge on any atom is -0.508 e. The maximum absolute atomic E-state index is 12.3. The van der Waals surface area contributed by atoms with Crippen LogP contribution >= 0.6 is 0 Å². The fourth-order valence-electron chi connectivity index (χ4n) is 4.14. The van der Waals surface area contributed by atoms with E-state index in [0.717, 1.165) is 24.0 Å². The van der Waals surface area contributed by atoms with Crippen LogP contribution in [0.5, 0.6) is 5.75 Å². The number of amides is 1. The molecule has 4 rings (SSSR count). The number of fused-ring (bicyclic) bond motifs is 2. The fourth-order valence-corrected chi connectivity index (χ4v) is 4.14. The molecule has 136 valence electrons. The van der Waals surface area contributed by atoms with Crippen molar-refractivity contribution < 1.29 is 14.6 Å². The second kappa shape index (κ2) is 7.38. The zero-order chi connectivity index (χ0) is 17.9. The highest BCUT2D eigenvalue weighted by Crippen LogP contribution is 2.32. The van der Waals surface area contributed by atoms with Crippen molar-refractivity contribution in [3.8, 4) is 16.9 Å². The number of carbonyl (C=O) groups excluding carboxylic acids is 1. The van der Waals surface area contributed by atoms with Crippen molar-refractivity contribution >= 4 is 11.8 Å². The second-order valence-corrected chi connectivity index (χ2v) is 7.29. The van der Waals surface area contributed by atoms with Gasteiger partial charge in [-0.05, 0) is 55.4 Å². The van der Waals surface area contributed by atoms with Gasteiger partial charge < -0.3 is 15.2 Å². The number of rotatable bonds is 4. The van der Waals surface area contributed by atoms with Crippen LogP contribution in [0.2, 0.25) is 0 Å². The van der Waals surface area contributed by atoms with Gasteiger partial charge in [0.15, 0.2) is 0 Å². The van der Waals surface area contributed by atoms with Crippen LogP contribution in [0.4, 0.5) is 10.5 Å².